The first-order chi connectivity index (χ1) is 8.77. The Labute approximate surface area is 114 Å². The van der Waals surface area contributed by atoms with E-state index in [1.54, 1.807) is 6.08 Å². The van der Waals surface area contributed by atoms with Gasteiger partial charge in [0.25, 0.3) is 0 Å². The van der Waals surface area contributed by atoms with Crippen LogP contribution in [0.1, 0.15) is 33.3 Å². The van der Waals surface area contributed by atoms with E-state index in [9.17, 15) is 4.79 Å². The number of benzene rings is 1. The number of isocyanates is 1. The molecule has 4 nitrogen and oxygen atoms in total. The molecule has 0 amide bonds. The van der Waals surface area contributed by atoms with Gasteiger partial charge in [-0.05, 0) is 51.7 Å². The fraction of sp³-hybridized carbons (Fsp3) is 0.500. The van der Waals surface area contributed by atoms with Crippen molar-refractivity contribution in [2.75, 3.05) is 0 Å². The van der Waals surface area contributed by atoms with Crippen LogP contribution >= 0.6 is 0 Å². The lowest BCUT2D eigenvalue weighted by Crippen LogP contribution is -2.41. The summed E-state index contributed by atoms with van der Waals surface area (Å²) in [6, 6.07) is 5.64. The van der Waals surface area contributed by atoms with Gasteiger partial charge in [0, 0.05) is 0 Å². The molecular formula is C14H18BNO3. The smallest absolute Gasteiger partial charge is 0.399 e. The predicted molar refractivity (Wildman–Crippen MR) is 74.7 cm³/mol. The molecule has 1 aromatic carbocycles. The van der Waals surface area contributed by atoms with Crippen LogP contribution in [0.25, 0.3) is 0 Å². The Hall–Kier alpha value is -1.42. The molecular weight excluding hydrogens is 241 g/mol. The van der Waals surface area contributed by atoms with Crippen LogP contribution in [0.3, 0.4) is 0 Å². The first-order valence-corrected chi connectivity index (χ1v) is 6.31. The van der Waals surface area contributed by atoms with Crippen molar-refractivity contribution in [1.82, 2.24) is 0 Å². The molecule has 0 saturated carbocycles. The zero-order valence-electron chi connectivity index (χ0n) is 12.0. The molecule has 1 saturated heterocycles. The van der Waals surface area contributed by atoms with Gasteiger partial charge in [0.2, 0.25) is 6.08 Å². The van der Waals surface area contributed by atoms with Gasteiger partial charge >= 0.3 is 7.12 Å². The van der Waals surface area contributed by atoms with E-state index in [0.717, 1.165) is 11.0 Å². The highest BCUT2D eigenvalue weighted by molar-refractivity contribution is 6.62. The SMILES string of the molecule is Cc1ccc(B2OC(C)(C)C(C)(C)O2)cc1N=C=O. The van der Waals surface area contributed by atoms with Crippen molar-refractivity contribution in [3.8, 4) is 0 Å². The van der Waals surface area contributed by atoms with Gasteiger partial charge in [0.1, 0.15) is 0 Å². The Morgan fingerprint density at radius 1 is 1.16 bits per heavy atom. The zero-order valence-corrected chi connectivity index (χ0v) is 12.0. The Balaban J connectivity index is 2.35. The average molecular weight is 259 g/mol. The molecule has 0 bridgehead atoms. The van der Waals surface area contributed by atoms with Crippen molar-refractivity contribution in [3.05, 3.63) is 23.8 Å². The molecule has 0 N–H and O–H groups in total. The number of aryl methyl sites for hydroxylation is 1. The Morgan fingerprint density at radius 3 is 2.26 bits per heavy atom. The van der Waals surface area contributed by atoms with Crippen LogP contribution in [-0.2, 0) is 14.1 Å². The maximum Gasteiger partial charge on any atom is 0.494 e. The molecule has 5 heteroatoms. The third-order valence-corrected chi connectivity index (χ3v) is 3.92. The third kappa shape index (κ3) is 2.50. The molecule has 100 valence electrons. The fourth-order valence-corrected chi connectivity index (χ4v) is 1.92. The lowest BCUT2D eigenvalue weighted by molar-refractivity contribution is 0.00578. The topological polar surface area (TPSA) is 47.9 Å². The number of hydrogen-bond acceptors (Lipinski definition) is 4. The first kappa shape index (κ1) is 14.0. The summed E-state index contributed by atoms with van der Waals surface area (Å²) >= 11 is 0. The van der Waals surface area contributed by atoms with Crippen LogP contribution in [0.15, 0.2) is 23.2 Å². The minimum atomic E-state index is -0.439. The van der Waals surface area contributed by atoms with Gasteiger partial charge in [-0.15, -0.1) is 0 Å². The molecule has 1 aliphatic rings. The third-order valence-electron chi connectivity index (χ3n) is 3.92. The number of nitrogens with zero attached hydrogens (tertiary/aromatic N) is 1. The molecule has 1 fully saturated rings. The summed E-state index contributed by atoms with van der Waals surface area (Å²) in [6.07, 6.45) is 1.57. The van der Waals surface area contributed by atoms with E-state index in [2.05, 4.69) is 4.99 Å². The quantitative estimate of drug-likeness (QED) is 0.465. The second-order valence-corrected chi connectivity index (χ2v) is 5.84. The second kappa shape index (κ2) is 4.60. The van der Waals surface area contributed by atoms with Gasteiger partial charge in [0.05, 0.1) is 16.9 Å². The van der Waals surface area contributed by atoms with E-state index in [0.29, 0.717) is 5.69 Å². The first-order valence-electron chi connectivity index (χ1n) is 6.31. The van der Waals surface area contributed by atoms with Crippen LogP contribution < -0.4 is 5.46 Å². The van der Waals surface area contributed by atoms with Gasteiger partial charge in [-0.2, -0.15) is 4.99 Å². The van der Waals surface area contributed by atoms with Crippen molar-refractivity contribution in [2.45, 2.75) is 45.8 Å². The summed E-state index contributed by atoms with van der Waals surface area (Å²) in [5.74, 6) is 0. The zero-order chi connectivity index (χ0) is 14.3. The summed E-state index contributed by atoms with van der Waals surface area (Å²) in [4.78, 5) is 14.1. The van der Waals surface area contributed by atoms with Crippen LogP contribution in [-0.4, -0.2) is 24.4 Å². The monoisotopic (exact) mass is 259 g/mol. The Bertz CT molecular complexity index is 532. The van der Waals surface area contributed by atoms with Gasteiger partial charge in [-0.25, -0.2) is 4.79 Å². The van der Waals surface area contributed by atoms with Crippen LogP contribution in [0, 0.1) is 6.92 Å². The molecule has 0 aliphatic carbocycles. The van der Waals surface area contributed by atoms with E-state index >= 15 is 0 Å². The second-order valence-electron chi connectivity index (χ2n) is 5.84. The number of aliphatic imine (C=N–C) groups is 1. The minimum Gasteiger partial charge on any atom is -0.399 e. The van der Waals surface area contributed by atoms with Gasteiger partial charge in [-0.1, -0.05) is 12.1 Å². The Morgan fingerprint density at radius 2 is 1.74 bits per heavy atom. The van der Waals surface area contributed by atoms with E-state index in [1.165, 1.54) is 0 Å². The lowest BCUT2D eigenvalue weighted by Gasteiger charge is -2.32. The number of hydrogen-bond donors (Lipinski definition) is 0. The van der Waals surface area contributed by atoms with Crippen molar-refractivity contribution >= 4 is 24.3 Å². The lowest BCUT2D eigenvalue weighted by atomic mass is 9.78. The highest BCUT2D eigenvalue weighted by atomic mass is 16.7. The molecule has 1 aliphatic heterocycles. The van der Waals surface area contributed by atoms with Crippen LogP contribution in [0.4, 0.5) is 5.69 Å². The van der Waals surface area contributed by atoms with Crippen molar-refractivity contribution in [2.24, 2.45) is 4.99 Å². The summed E-state index contributed by atoms with van der Waals surface area (Å²) in [7, 11) is -0.439. The van der Waals surface area contributed by atoms with E-state index < -0.39 is 7.12 Å². The molecule has 0 spiro atoms. The van der Waals surface area contributed by atoms with Crippen molar-refractivity contribution < 1.29 is 14.1 Å². The number of carbonyl (C=O) groups excluding carboxylic acids is 1. The highest BCUT2D eigenvalue weighted by Gasteiger charge is 2.51. The van der Waals surface area contributed by atoms with E-state index in [1.807, 2.05) is 52.8 Å². The maximum atomic E-state index is 10.4. The fourth-order valence-electron chi connectivity index (χ4n) is 1.92. The van der Waals surface area contributed by atoms with Crippen molar-refractivity contribution in [1.29, 1.82) is 0 Å². The van der Waals surface area contributed by atoms with Crippen LogP contribution in [0.5, 0.6) is 0 Å². The molecule has 1 heterocycles. The molecule has 19 heavy (non-hydrogen) atoms. The maximum absolute atomic E-state index is 10.4. The molecule has 0 atom stereocenters. The molecule has 2 rings (SSSR count). The van der Waals surface area contributed by atoms with E-state index in [-0.39, 0.29) is 11.2 Å². The van der Waals surface area contributed by atoms with E-state index in [4.69, 9.17) is 9.31 Å². The summed E-state index contributed by atoms with van der Waals surface area (Å²) in [6.45, 7) is 9.92. The average Bonchev–Trinajstić information content (AvgIpc) is 2.51. The highest BCUT2D eigenvalue weighted by Crippen LogP contribution is 2.36. The standard InChI is InChI=1S/C14H18BNO3/c1-10-6-7-11(8-12(10)16-9-17)15-18-13(2,3)14(4,5)19-15/h6-8H,1-5H3. The minimum absolute atomic E-state index is 0.378. The molecule has 0 aromatic heterocycles. The normalized spacial score (nSPS) is 20.2. The van der Waals surface area contributed by atoms with Gasteiger partial charge in [-0.3, -0.25) is 0 Å². The van der Waals surface area contributed by atoms with Crippen molar-refractivity contribution in [3.63, 3.8) is 0 Å². The predicted octanol–water partition coefficient (Wildman–Crippen LogP) is 2.26. The summed E-state index contributed by atoms with van der Waals surface area (Å²) in [5, 5.41) is 0. The Kier molecular flexibility index (Phi) is 3.39. The summed E-state index contributed by atoms with van der Waals surface area (Å²) < 4.78 is 11.9. The van der Waals surface area contributed by atoms with Gasteiger partial charge < -0.3 is 9.31 Å². The van der Waals surface area contributed by atoms with Gasteiger partial charge in [0.15, 0.2) is 0 Å². The summed E-state index contributed by atoms with van der Waals surface area (Å²) in [5.41, 5.74) is 1.62. The number of rotatable bonds is 2. The molecule has 0 unspecified atom stereocenters. The molecule has 1 aromatic rings. The molecule has 0 radical (unpaired) electrons. The largest absolute Gasteiger partial charge is 0.494 e. The van der Waals surface area contributed by atoms with Crippen LogP contribution in [0.2, 0.25) is 0 Å².